The van der Waals surface area contributed by atoms with Crippen molar-refractivity contribution in [3.8, 4) is 17.3 Å². The minimum Gasteiger partial charge on any atom is -0.504 e. The maximum absolute atomic E-state index is 12.4. The molecule has 3 aromatic rings. The number of halogens is 1. The van der Waals surface area contributed by atoms with Gasteiger partial charge < -0.3 is 15.2 Å². The van der Waals surface area contributed by atoms with Crippen LogP contribution in [0.1, 0.15) is 29.2 Å². The van der Waals surface area contributed by atoms with Crippen LogP contribution in [0, 0.1) is 6.92 Å². The van der Waals surface area contributed by atoms with Crippen LogP contribution in [-0.2, 0) is 4.79 Å². The summed E-state index contributed by atoms with van der Waals surface area (Å²) in [5.41, 5.74) is 2.42. The van der Waals surface area contributed by atoms with E-state index < -0.39 is 0 Å². The number of aromatic hydroxyl groups is 1. The van der Waals surface area contributed by atoms with Crippen molar-refractivity contribution < 1.29 is 14.6 Å². The number of benzene rings is 1. The molecule has 4 rings (SSSR count). The van der Waals surface area contributed by atoms with Gasteiger partial charge in [-0.05, 0) is 36.8 Å². The van der Waals surface area contributed by atoms with Crippen LogP contribution in [-0.4, -0.2) is 38.1 Å². The van der Waals surface area contributed by atoms with E-state index in [-0.39, 0.29) is 29.1 Å². The number of phenols is 1. The maximum atomic E-state index is 12.4. The summed E-state index contributed by atoms with van der Waals surface area (Å²) in [7, 11) is 1.49. The average molecular weight is 386 g/mol. The Balaban J connectivity index is 1.84. The molecule has 0 saturated carbocycles. The Kier molecular flexibility index (Phi) is 4.19. The molecule has 138 valence electrons. The van der Waals surface area contributed by atoms with E-state index in [2.05, 4.69) is 20.6 Å². The van der Waals surface area contributed by atoms with Crippen LogP contribution >= 0.6 is 11.6 Å². The number of methoxy groups -OCH3 is 1. The zero-order valence-corrected chi connectivity index (χ0v) is 15.4. The normalized spacial score (nSPS) is 16.0. The first-order valence-corrected chi connectivity index (χ1v) is 8.61. The van der Waals surface area contributed by atoms with Gasteiger partial charge in [0.05, 0.1) is 12.8 Å². The molecule has 1 atom stereocenters. The van der Waals surface area contributed by atoms with E-state index in [4.69, 9.17) is 16.3 Å². The van der Waals surface area contributed by atoms with Gasteiger partial charge in [-0.1, -0.05) is 17.7 Å². The van der Waals surface area contributed by atoms with Crippen molar-refractivity contribution >= 4 is 23.3 Å². The molecular weight excluding hydrogens is 370 g/mol. The van der Waals surface area contributed by atoms with E-state index >= 15 is 0 Å². The lowest BCUT2D eigenvalue weighted by Crippen LogP contribution is -2.25. The topological polar surface area (TPSA) is 102 Å². The highest BCUT2D eigenvalue weighted by Crippen LogP contribution is 2.41. The van der Waals surface area contributed by atoms with Gasteiger partial charge >= 0.3 is 0 Å². The van der Waals surface area contributed by atoms with Gasteiger partial charge in [0.2, 0.25) is 5.91 Å². The van der Waals surface area contributed by atoms with Crippen LogP contribution in [0.3, 0.4) is 0 Å². The number of hydrogen-bond donors (Lipinski definition) is 2. The van der Waals surface area contributed by atoms with E-state index in [0.29, 0.717) is 17.4 Å². The van der Waals surface area contributed by atoms with Crippen molar-refractivity contribution in [2.24, 2.45) is 0 Å². The minimum absolute atomic E-state index is 0.0242. The number of fused-ring (bicyclic) bond motifs is 1. The molecule has 0 aliphatic carbocycles. The van der Waals surface area contributed by atoms with Gasteiger partial charge in [-0.3, -0.25) is 4.79 Å². The summed E-state index contributed by atoms with van der Waals surface area (Å²) in [6, 6.07) is 8.42. The summed E-state index contributed by atoms with van der Waals surface area (Å²) < 4.78 is 6.64. The number of phenolic OH excluding ortho intramolecular Hbond substituents is 1. The molecule has 2 N–H and O–H groups in total. The first-order chi connectivity index (χ1) is 13.0. The van der Waals surface area contributed by atoms with Gasteiger partial charge in [0, 0.05) is 17.9 Å². The lowest BCUT2D eigenvalue weighted by molar-refractivity contribution is -0.116. The third kappa shape index (κ3) is 2.97. The summed E-state index contributed by atoms with van der Waals surface area (Å²) in [5, 5.41) is 25.7. The fourth-order valence-electron chi connectivity index (χ4n) is 3.34. The summed E-state index contributed by atoms with van der Waals surface area (Å²) in [5.74, 6) is 0.993. The fraction of sp³-hybridized carbons (Fsp3) is 0.222. The van der Waals surface area contributed by atoms with Crippen LogP contribution in [0.25, 0.3) is 5.82 Å². The molecular formula is C18H16ClN5O3. The van der Waals surface area contributed by atoms with Crippen LogP contribution < -0.4 is 10.1 Å². The monoisotopic (exact) mass is 385 g/mol. The number of anilines is 1. The molecule has 1 aliphatic rings. The van der Waals surface area contributed by atoms with Crippen LogP contribution in [0.2, 0.25) is 5.15 Å². The predicted octanol–water partition coefficient (Wildman–Crippen LogP) is 2.81. The van der Waals surface area contributed by atoms with Gasteiger partial charge in [-0.15, -0.1) is 10.2 Å². The van der Waals surface area contributed by atoms with Crippen molar-refractivity contribution in [1.29, 1.82) is 0 Å². The van der Waals surface area contributed by atoms with Gasteiger partial charge in [-0.2, -0.15) is 9.78 Å². The molecule has 1 aliphatic heterocycles. The number of amides is 1. The molecule has 0 spiro atoms. The van der Waals surface area contributed by atoms with Crippen LogP contribution in [0.4, 0.5) is 5.82 Å². The van der Waals surface area contributed by atoms with Crippen molar-refractivity contribution in [3.63, 3.8) is 0 Å². The Morgan fingerprint density at radius 3 is 2.78 bits per heavy atom. The second-order valence-electron chi connectivity index (χ2n) is 6.21. The highest BCUT2D eigenvalue weighted by Gasteiger charge is 2.33. The van der Waals surface area contributed by atoms with Gasteiger partial charge in [0.25, 0.3) is 0 Å². The minimum atomic E-state index is -0.250. The number of nitrogens with zero attached hydrogens (tertiary/aromatic N) is 4. The molecule has 0 radical (unpaired) electrons. The van der Waals surface area contributed by atoms with Crippen molar-refractivity contribution in [3.05, 3.63) is 52.3 Å². The highest BCUT2D eigenvalue weighted by molar-refractivity contribution is 6.29. The van der Waals surface area contributed by atoms with Crippen LogP contribution in [0.15, 0.2) is 30.3 Å². The molecule has 0 fully saturated rings. The molecule has 9 heteroatoms. The van der Waals surface area contributed by atoms with Gasteiger partial charge in [0.1, 0.15) is 5.82 Å². The van der Waals surface area contributed by atoms with Gasteiger partial charge in [-0.25, -0.2) is 0 Å². The summed E-state index contributed by atoms with van der Waals surface area (Å²) in [6.07, 6.45) is 0.248. The summed E-state index contributed by atoms with van der Waals surface area (Å²) >= 11 is 5.81. The molecule has 0 bridgehead atoms. The standard InChI is InChI=1S/C18H16ClN5O3/c1-9-17-11(10-3-4-13(27-2)12(25)7-10)8-16(26)20-18(17)24(23-9)15-6-5-14(19)21-22-15/h3-7,11,25H,8H2,1-2H3,(H,20,26)/t11-/m1/s1. The fourth-order valence-corrected chi connectivity index (χ4v) is 3.44. The Bertz CT molecular complexity index is 1030. The quantitative estimate of drug-likeness (QED) is 0.718. The van der Waals surface area contributed by atoms with E-state index in [0.717, 1.165) is 16.8 Å². The molecule has 1 aromatic carbocycles. The third-order valence-electron chi connectivity index (χ3n) is 4.54. The van der Waals surface area contributed by atoms with E-state index in [1.807, 2.05) is 13.0 Å². The van der Waals surface area contributed by atoms with Crippen molar-refractivity contribution in [2.75, 3.05) is 12.4 Å². The molecule has 27 heavy (non-hydrogen) atoms. The molecule has 1 amide bonds. The third-order valence-corrected chi connectivity index (χ3v) is 4.74. The Labute approximate surface area is 159 Å². The largest absolute Gasteiger partial charge is 0.504 e. The number of aromatic nitrogens is 4. The van der Waals surface area contributed by atoms with E-state index in [9.17, 15) is 9.90 Å². The Hall–Kier alpha value is -3.13. The van der Waals surface area contributed by atoms with E-state index in [1.54, 1.807) is 28.9 Å². The molecule has 2 aromatic heterocycles. The predicted molar refractivity (Wildman–Crippen MR) is 98.6 cm³/mol. The van der Waals surface area contributed by atoms with Crippen molar-refractivity contribution in [2.45, 2.75) is 19.3 Å². The van der Waals surface area contributed by atoms with Crippen molar-refractivity contribution in [1.82, 2.24) is 20.0 Å². The first-order valence-electron chi connectivity index (χ1n) is 8.23. The molecule has 8 nitrogen and oxygen atoms in total. The molecule has 0 unspecified atom stereocenters. The zero-order valence-electron chi connectivity index (χ0n) is 14.6. The average Bonchev–Trinajstić information content (AvgIpc) is 2.98. The molecule has 3 heterocycles. The second-order valence-corrected chi connectivity index (χ2v) is 6.60. The number of ether oxygens (including phenoxy) is 1. The van der Waals surface area contributed by atoms with Crippen LogP contribution in [0.5, 0.6) is 11.5 Å². The van der Waals surface area contributed by atoms with E-state index in [1.165, 1.54) is 7.11 Å². The number of carbonyl (C=O) groups is 1. The number of hydrogen-bond acceptors (Lipinski definition) is 6. The lowest BCUT2D eigenvalue weighted by atomic mass is 9.85. The number of aryl methyl sites for hydroxylation is 1. The second kappa shape index (κ2) is 6.55. The molecule has 0 saturated heterocycles. The lowest BCUT2D eigenvalue weighted by Gasteiger charge is -2.24. The Morgan fingerprint density at radius 1 is 1.30 bits per heavy atom. The number of rotatable bonds is 3. The summed E-state index contributed by atoms with van der Waals surface area (Å²) in [6.45, 7) is 1.87. The first kappa shape index (κ1) is 17.3. The SMILES string of the molecule is COc1ccc([C@H]2CC(=O)Nc3c2c(C)nn3-c2ccc(Cl)nn2)cc1O. The smallest absolute Gasteiger partial charge is 0.226 e. The maximum Gasteiger partial charge on any atom is 0.226 e. The number of nitrogens with one attached hydrogen (secondary N) is 1. The zero-order chi connectivity index (χ0) is 19.1. The highest BCUT2D eigenvalue weighted by atomic mass is 35.5. The summed E-state index contributed by atoms with van der Waals surface area (Å²) in [4.78, 5) is 12.4. The number of carbonyl (C=O) groups excluding carboxylic acids is 1. The Morgan fingerprint density at radius 2 is 2.11 bits per heavy atom. The van der Waals surface area contributed by atoms with Gasteiger partial charge in [0.15, 0.2) is 22.5 Å².